The molecule has 0 atom stereocenters. The molecule has 0 aromatic heterocycles. The van der Waals surface area contributed by atoms with Gasteiger partial charge < -0.3 is 0 Å². The molecule has 0 heterocycles. The summed E-state index contributed by atoms with van der Waals surface area (Å²) < 4.78 is 23.9. The first-order valence-corrected chi connectivity index (χ1v) is 7.85. The van der Waals surface area contributed by atoms with Crippen molar-refractivity contribution in [2.24, 2.45) is 0 Å². The molecule has 0 radical (unpaired) electrons. The van der Waals surface area contributed by atoms with Crippen LogP contribution in [0.25, 0.3) is 6.08 Å². The first-order valence-electron chi connectivity index (χ1n) is 5.75. The zero-order valence-electron chi connectivity index (χ0n) is 10.2. The molecule has 2 aromatic rings. The van der Waals surface area contributed by atoms with E-state index in [9.17, 15) is 8.42 Å². The molecule has 0 amide bonds. The van der Waals surface area contributed by atoms with Crippen molar-refractivity contribution in [2.45, 2.75) is 5.75 Å². The van der Waals surface area contributed by atoms with Crippen LogP contribution in [0.2, 0.25) is 5.02 Å². The van der Waals surface area contributed by atoms with Crippen molar-refractivity contribution in [2.75, 3.05) is 0 Å². The van der Waals surface area contributed by atoms with E-state index in [1.807, 2.05) is 30.3 Å². The monoisotopic (exact) mass is 292 g/mol. The third-order valence-electron chi connectivity index (χ3n) is 2.55. The van der Waals surface area contributed by atoms with E-state index in [4.69, 9.17) is 11.6 Å². The predicted octanol–water partition coefficient (Wildman–Crippen LogP) is 3.93. The van der Waals surface area contributed by atoms with Gasteiger partial charge in [-0.3, -0.25) is 0 Å². The molecule has 2 nitrogen and oxygen atoms in total. The van der Waals surface area contributed by atoms with E-state index in [2.05, 4.69) is 0 Å². The summed E-state index contributed by atoms with van der Waals surface area (Å²) in [6.07, 6.45) is 1.60. The van der Waals surface area contributed by atoms with E-state index in [0.29, 0.717) is 5.02 Å². The molecule has 0 N–H and O–H groups in total. The van der Waals surface area contributed by atoms with Gasteiger partial charge in [0.05, 0.1) is 5.75 Å². The Morgan fingerprint density at radius 2 is 1.58 bits per heavy atom. The second kappa shape index (κ2) is 6.04. The average Bonchev–Trinajstić information content (AvgIpc) is 2.40. The SMILES string of the molecule is O=S(=O)(/C=C\c1ccccc1)Cc1ccc(Cl)cc1. The van der Waals surface area contributed by atoms with Crippen LogP contribution in [0.15, 0.2) is 60.0 Å². The number of halogens is 1. The summed E-state index contributed by atoms with van der Waals surface area (Å²) in [5.41, 5.74) is 1.59. The number of hydrogen-bond donors (Lipinski definition) is 0. The van der Waals surface area contributed by atoms with E-state index < -0.39 is 9.84 Å². The highest BCUT2D eigenvalue weighted by atomic mass is 35.5. The van der Waals surface area contributed by atoms with Gasteiger partial charge in [-0.15, -0.1) is 0 Å². The summed E-state index contributed by atoms with van der Waals surface area (Å²) in [7, 11) is -3.27. The van der Waals surface area contributed by atoms with Gasteiger partial charge in [-0.1, -0.05) is 54.1 Å². The van der Waals surface area contributed by atoms with Crippen LogP contribution >= 0.6 is 11.6 Å². The van der Waals surface area contributed by atoms with Crippen LogP contribution in [0.3, 0.4) is 0 Å². The lowest BCUT2D eigenvalue weighted by atomic mass is 10.2. The van der Waals surface area contributed by atoms with Crippen molar-refractivity contribution in [3.63, 3.8) is 0 Å². The molecule has 0 fully saturated rings. The predicted molar refractivity (Wildman–Crippen MR) is 79.6 cm³/mol. The fraction of sp³-hybridized carbons (Fsp3) is 0.0667. The standard InChI is InChI=1S/C15H13ClO2S/c16-15-8-6-14(7-9-15)12-19(17,18)11-10-13-4-2-1-3-5-13/h1-11H,12H2/b11-10-. The van der Waals surface area contributed by atoms with Crippen molar-refractivity contribution in [3.05, 3.63) is 76.2 Å². The van der Waals surface area contributed by atoms with Crippen molar-refractivity contribution in [1.82, 2.24) is 0 Å². The molecule has 4 heteroatoms. The first-order chi connectivity index (χ1) is 9.05. The molecule has 0 aliphatic rings. The quantitative estimate of drug-likeness (QED) is 0.856. The Bertz CT molecular complexity index is 659. The first kappa shape index (κ1) is 13.8. The van der Waals surface area contributed by atoms with Crippen molar-refractivity contribution >= 4 is 27.5 Å². The molecular formula is C15H13ClO2S. The molecule has 0 saturated carbocycles. The van der Waals surface area contributed by atoms with E-state index in [-0.39, 0.29) is 5.75 Å². The number of hydrogen-bond acceptors (Lipinski definition) is 2. The fourth-order valence-corrected chi connectivity index (χ4v) is 2.85. The van der Waals surface area contributed by atoms with Crippen LogP contribution in [0.5, 0.6) is 0 Å². The third-order valence-corrected chi connectivity index (χ3v) is 4.09. The van der Waals surface area contributed by atoms with E-state index in [1.165, 1.54) is 5.41 Å². The molecule has 98 valence electrons. The second-order valence-electron chi connectivity index (χ2n) is 4.15. The minimum absolute atomic E-state index is 0.0203. The van der Waals surface area contributed by atoms with Gasteiger partial charge in [0.1, 0.15) is 0 Å². The van der Waals surface area contributed by atoms with Crippen molar-refractivity contribution in [1.29, 1.82) is 0 Å². The van der Waals surface area contributed by atoms with E-state index in [1.54, 1.807) is 30.3 Å². The summed E-state index contributed by atoms with van der Waals surface area (Å²) in [5, 5.41) is 1.85. The molecule has 0 unspecified atom stereocenters. The van der Waals surface area contributed by atoms with Crippen LogP contribution in [-0.2, 0) is 15.6 Å². The topological polar surface area (TPSA) is 34.1 Å². The fourth-order valence-electron chi connectivity index (χ4n) is 1.61. The van der Waals surface area contributed by atoms with Gasteiger partial charge in [0.15, 0.2) is 9.84 Å². The van der Waals surface area contributed by atoms with Crippen LogP contribution < -0.4 is 0 Å². The van der Waals surface area contributed by atoms with Crippen LogP contribution in [0.4, 0.5) is 0 Å². The molecule has 2 rings (SSSR count). The summed E-state index contributed by atoms with van der Waals surface area (Å²) in [5.74, 6) is -0.0203. The lowest BCUT2D eigenvalue weighted by Gasteiger charge is -2.00. The molecule has 0 saturated heterocycles. The lowest BCUT2D eigenvalue weighted by Crippen LogP contribution is -1.99. The number of rotatable bonds is 4. The van der Waals surface area contributed by atoms with Gasteiger partial charge in [0.25, 0.3) is 0 Å². The molecular weight excluding hydrogens is 280 g/mol. The molecule has 19 heavy (non-hydrogen) atoms. The highest BCUT2D eigenvalue weighted by molar-refractivity contribution is 7.93. The maximum Gasteiger partial charge on any atom is 0.175 e. The Hall–Kier alpha value is -1.58. The Morgan fingerprint density at radius 1 is 0.947 bits per heavy atom. The maximum atomic E-state index is 11.9. The van der Waals surface area contributed by atoms with Crippen LogP contribution in [0, 0.1) is 0 Å². The molecule has 2 aromatic carbocycles. The largest absolute Gasteiger partial charge is 0.224 e. The smallest absolute Gasteiger partial charge is 0.175 e. The summed E-state index contributed by atoms with van der Waals surface area (Å²) in [4.78, 5) is 0. The molecule has 0 bridgehead atoms. The number of benzene rings is 2. The molecule has 0 aliphatic heterocycles. The summed E-state index contributed by atoms with van der Waals surface area (Å²) in [6, 6.07) is 16.1. The summed E-state index contributed by atoms with van der Waals surface area (Å²) >= 11 is 5.76. The van der Waals surface area contributed by atoms with Gasteiger partial charge in [-0.25, -0.2) is 8.42 Å². The minimum atomic E-state index is -3.27. The highest BCUT2D eigenvalue weighted by Gasteiger charge is 2.07. The zero-order valence-corrected chi connectivity index (χ0v) is 11.7. The average molecular weight is 293 g/mol. The third kappa shape index (κ3) is 4.54. The van der Waals surface area contributed by atoms with Gasteiger partial charge in [-0.05, 0) is 29.3 Å². The van der Waals surface area contributed by atoms with E-state index >= 15 is 0 Å². The maximum absolute atomic E-state index is 11.9. The molecule has 0 aliphatic carbocycles. The van der Waals surface area contributed by atoms with Gasteiger partial charge in [-0.2, -0.15) is 0 Å². The summed E-state index contributed by atoms with van der Waals surface area (Å²) in [6.45, 7) is 0. The lowest BCUT2D eigenvalue weighted by molar-refractivity contribution is 0.604. The number of sulfone groups is 1. The van der Waals surface area contributed by atoms with Gasteiger partial charge in [0.2, 0.25) is 0 Å². The van der Waals surface area contributed by atoms with Crippen LogP contribution in [-0.4, -0.2) is 8.42 Å². The Balaban J connectivity index is 2.11. The molecule has 0 spiro atoms. The Kier molecular flexibility index (Phi) is 4.40. The minimum Gasteiger partial charge on any atom is -0.224 e. The highest BCUT2D eigenvalue weighted by Crippen LogP contribution is 2.13. The van der Waals surface area contributed by atoms with Crippen molar-refractivity contribution in [3.8, 4) is 0 Å². The van der Waals surface area contributed by atoms with Gasteiger partial charge >= 0.3 is 0 Å². The van der Waals surface area contributed by atoms with Gasteiger partial charge in [0, 0.05) is 10.4 Å². The Morgan fingerprint density at radius 3 is 2.21 bits per heavy atom. The second-order valence-corrected chi connectivity index (χ2v) is 6.47. The Labute approximate surface area is 118 Å². The normalized spacial score (nSPS) is 11.8. The van der Waals surface area contributed by atoms with Crippen LogP contribution in [0.1, 0.15) is 11.1 Å². The zero-order chi connectivity index (χ0) is 13.7. The van der Waals surface area contributed by atoms with Crippen molar-refractivity contribution < 1.29 is 8.42 Å². The van der Waals surface area contributed by atoms with E-state index in [0.717, 1.165) is 11.1 Å².